The number of alkyl halides is 3. The highest BCUT2D eigenvalue weighted by Gasteiger charge is 2.30. The summed E-state index contributed by atoms with van der Waals surface area (Å²) in [5.41, 5.74) is 3.62. The van der Waals surface area contributed by atoms with Crippen LogP contribution in [0.15, 0.2) is 91.0 Å². The Hall–Kier alpha value is -2.85. The Balaban J connectivity index is 1.60. The number of halogens is 3. The van der Waals surface area contributed by atoms with Gasteiger partial charge in [-0.05, 0) is 54.6 Å². The molecule has 0 bridgehead atoms. The lowest BCUT2D eigenvalue weighted by atomic mass is 9.97. The molecule has 0 aromatic heterocycles. The first-order valence-electron chi connectivity index (χ1n) is 10.1. The monoisotopic (exact) mass is 409 g/mol. The fraction of sp³-hybridized carbons (Fsp3) is 0.231. The molecule has 0 radical (unpaired) electrons. The van der Waals surface area contributed by atoms with Crippen LogP contribution in [0.25, 0.3) is 5.57 Å². The molecule has 1 unspecified atom stereocenters. The summed E-state index contributed by atoms with van der Waals surface area (Å²) < 4.78 is 38.7. The zero-order valence-corrected chi connectivity index (χ0v) is 17.0. The van der Waals surface area contributed by atoms with E-state index in [2.05, 4.69) is 35.7 Å². The van der Waals surface area contributed by atoms with Gasteiger partial charge in [-0.3, -0.25) is 0 Å². The van der Waals surface area contributed by atoms with Gasteiger partial charge in [-0.1, -0.05) is 84.9 Å². The van der Waals surface area contributed by atoms with Crippen molar-refractivity contribution in [3.63, 3.8) is 0 Å². The van der Waals surface area contributed by atoms with Gasteiger partial charge in [-0.15, -0.1) is 0 Å². The molecule has 4 heteroatoms. The summed E-state index contributed by atoms with van der Waals surface area (Å²) in [5.74, 6) is 0. The minimum absolute atomic E-state index is 0.0822. The largest absolute Gasteiger partial charge is 0.416 e. The van der Waals surface area contributed by atoms with E-state index in [0.717, 1.165) is 19.0 Å². The summed E-state index contributed by atoms with van der Waals surface area (Å²) in [6.07, 6.45) is -0.707. The van der Waals surface area contributed by atoms with Crippen molar-refractivity contribution >= 4 is 5.57 Å². The molecular weight excluding hydrogens is 383 g/mol. The molecule has 1 nitrogen and oxygen atoms in total. The minimum Gasteiger partial charge on any atom is -0.314 e. The Morgan fingerprint density at radius 2 is 1.47 bits per heavy atom. The second kappa shape index (κ2) is 10.3. The smallest absolute Gasteiger partial charge is 0.314 e. The molecule has 0 spiro atoms. The average Bonchev–Trinajstić information content (AvgIpc) is 2.74. The Bertz CT molecular complexity index is 905. The predicted molar refractivity (Wildman–Crippen MR) is 117 cm³/mol. The highest BCUT2D eigenvalue weighted by Crippen LogP contribution is 2.29. The Morgan fingerprint density at radius 1 is 0.867 bits per heavy atom. The molecule has 3 aromatic rings. The third-order valence-electron chi connectivity index (χ3n) is 4.95. The van der Waals surface area contributed by atoms with Crippen LogP contribution in [0.2, 0.25) is 0 Å². The van der Waals surface area contributed by atoms with E-state index in [1.165, 1.54) is 28.8 Å². The van der Waals surface area contributed by atoms with Crippen molar-refractivity contribution in [2.45, 2.75) is 32.0 Å². The predicted octanol–water partition coefficient (Wildman–Crippen LogP) is 6.75. The van der Waals surface area contributed by atoms with E-state index < -0.39 is 11.7 Å². The molecule has 3 aromatic carbocycles. The number of nitrogens with one attached hydrogen (secondary N) is 1. The van der Waals surface area contributed by atoms with Crippen LogP contribution in [0.4, 0.5) is 13.2 Å². The van der Waals surface area contributed by atoms with Gasteiger partial charge in [0.2, 0.25) is 0 Å². The first kappa shape index (κ1) is 21.8. The van der Waals surface area contributed by atoms with Crippen molar-refractivity contribution in [1.29, 1.82) is 0 Å². The molecule has 156 valence electrons. The third-order valence-corrected chi connectivity index (χ3v) is 4.95. The van der Waals surface area contributed by atoms with Crippen molar-refractivity contribution in [1.82, 2.24) is 5.32 Å². The molecule has 0 saturated carbocycles. The average molecular weight is 409 g/mol. The van der Waals surface area contributed by atoms with E-state index in [9.17, 15) is 13.2 Å². The highest BCUT2D eigenvalue weighted by atomic mass is 19.4. The summed E-state index contributed by atoms with van der Waals surface area (Å²) >= 11 is 0. The Morgan fingerprint density at radius 3 is 2.03 bits per heavy atom. The normalized spacial score (nSPS) is 12.4. The van der Waals surface area contributed by atoms with Crippen molar-refractivity contribution in [3.8, 4) is 0 Å². The van der Waals surface area contributed by atoms with Gasteiger partial charge in [-0.25, -0.2) is 0 Å². The third kappa shape index (κ3) is 6.33. The highest BCUT2D eigenvalue weighted by molar-refractivity contribution is 5.79. The van der Waals surface area contributed by atoms with Gasteiger partial charge in [0.15, 0.2) is 0 Å². The van der Waals surface area contributed by atoms with E-state index in [0.29, 0.717) is 12.0 Å². The Kier molecular flexibility index (Phi) is 7.47. The molecule has 1 atom stereocenters. The van der Waals surface area contributed by atoms with Crippen LogP contribution in [0.3, 0.4) is 0 Å². The number of hydrogen-bond acceptors (Lipinski definition) is 1. The summed E-state index contributed by atoms with van der Waals surface area (Å²) in [6.45, 7) is 2.75. The van der Waals surface area contributed by atoms with Crippen LogP contribution in [-0.4, -0.2) is 12.6 Å². The molecule has 0 heterocycles. The molecule has 30 heavy (non-hydrogen) atoms. The molecular formula is C26H26F3N. The van der Waals surface area contributed by atoms with E-state index >= 15 is 0 Å². The minimum atomic E-state index is -4.30. The standard InChI is InChI=1S/C26H26F3N/c1-20(18-21-10-8-15-24(19-21)26(27,28)29)30-17-9-16-25(22-11-4-2-5-12-22)23-13-6-3-7-14-23/h2-8,10-16,19-20,30H,9,17-18H2,1H3. The van der Waals surface area contributed by atoms with Gasteiger partial charge in [0.1, 0.15) is 0 Å². The first-order valence-corrected chi connectivity index (χ1v) is 10.1. The van der Waals surface area contributed by atoms with Crippen molar-refractivity contribution in [2.24, 2.45) is 0 Å². The summed E-state index contributed by atoms with van der Waals surface area (Å²) in [7, 11) is 0. The molecule has 0 fully saturated rings. The van der Waals surface area contributed by atoms with Crippen LogP contribution < -0.4 is 5.32 Å². The summed E-state index contributed by atoms with van der Waals surface area (Å²) in [6, 6.07) is 26.2. The molecule has 0 aliphatic carbocycles. The molecule has 0 aliphatic rings. The fourth-order valence-electron chi connectivity index (χ4n) is 3.48. The van der Waals surface area contributed by atoms with Crippen molar-refractivity contribution < 1.29 is 13.2 Å². The van der Waals surface area contributed by atoms with Crippen LogP contribution in [0.5, 0.6) is 0 Å². The lowest BCUT2D eigenvalue weighted by molar-refractivity contribution is -0.137. The van der Waals surface area contributed by atoms with Gasteiger partial charge in [0.05, 0.1) is 5.56 Å². The molecule has 1 N–H and O–H groups in total. The maximum atomic E-state index is 12.9. The Labute approximate surface area is 176 Å². The first-order chi connectivity index (χ1) is 14.4. The van der Waals surface area contributed by atoms with E-state index in [1.807, 2.05) is 43.3 Å². The molecule has 0 saturated heterocycles. The van der Waals surface area contributed by atoms with E-state index in [1.54, 1.807) is 6.07 Å². The second-order valence-electron chi connectivity index (χ2n) is 7.40. The quantitative estimate of drug-likeness (QED) is 0.406. The maximum Gasteiger partial charge on any atom is 0.416 e. The number of benzene rings is 3. The molecule has 3 rings (SSSR count). The maximum absolute atomic E-state index is 12.9. The zero-order valence-electron chi connectivity index (χ0n) is 17.0. The fourth-order valence-corrected chi connectivity index (χ4v) is 3.48. The van der Waals surface area contributed by atoms with Gasteiger partial charge in [0.25, 0.3) is 0 Å². The lowest BCUT2D eigenvalue weighted by Gasteiger charge is -2.15. The van der Waals surface area contributed by atoms with E-state index in [-0.39, 0.29) is 6.04 Å². The number of rotatable bonds is 8. The van der Waals surface area contributed by atoms with Gasteiger partial charge < -0.3 is 5.32 Å². The van der Waals surface area contributed by atoms with Crippen LogP contribution in [0, 0.1) is 0 Å². The van der Waals surface area contributed by atoms with Crippen LogP contribution in [-0.2, 0) is 12.6 Å². The summed E-state index contributed by atoms with van der Waals surface area (Å²) in [4.78, 5) is 0. The van der Waals surface area contributed by atoms with Crippen LogP contribution in [0.1, 0.15) is 35.6 Å². The van der Waals surface area contributed by atoms with E-state index in [4.69, 9.17) is 0 Å². The van der Waals surface area contributed by atoms with Crippen molar-refractivity contribution in [3.05, 3.63) is 113 Å². The van der Waals surface area contributed by atoms with Gasteiger partial charge >= 0.3 is 6.18 Å². The topological polar surface area (TPSA) is 12.0 Å². The van der Waals surface area contributed by atoms with Gasteiger partial charge in [-0.2, -0.15) is 13.2 Å². The zero-order chi connectivity index (χ0) is 21.4. The van der Waals surface area contributed by atoms with Crippen LogP contribution >= 0.6 is 0 Å². The SMILES string of the molecule is CC(Cc1cccc(C(F)(F)F)c1)NCCC=C(c1ccccc1)c1ccccc1. The van der Waals surface area contributed by atoms with Gasteiger partial charge in [0, 0.05) is 6.04 Å². The van der Waals surface area contributed by atoms with Crippen molar-refractivity contribution in [2.75, 3.05) is 6.54 Å². The number of hydrogen-bond donors (Lipinski definition) is 1. The lowest BCUT2D eigenvalue weighted by Crippen LogP contribution is -2.28. The second-order valence-corrected chi connectivity index (χ2v) is 7.40. The molecule has 0 amide bonds. The molecule has 0 aliphatic heterocycles. The summed E-state index contributed by atoms with van der Waals surface area (Å²) in [5, 5.41) is 3.42.